The Bertz CT molecular complexity index is 384. The molecule has 100 valence electrons. The molecule has 1 aliphatic rings. The summed E-state index contributed by atoms with van der Waals surface area (Å²) in [5.41, 5.74) is 1.89. The van der Waals surface area contributed by atoms with Crippen LogP contribution >= 0.6 is 0 Å². The fourth-order valence-corrected chi connectivity index (χ4v) is 2.49. The molecule has 0 aliphatic carbocycles. The second-order valence-electron chi connectivity index (χ2n) is 5.47. The van der Waals surface area contributed by atoms with Crippen molar-refractivity contribution < 1.29 is 4.39 Å². The molecule has 0 atom stereocenters. The molecule has 0 radical (unpaired) electrons. The molecular weight excluding hydrogens is 227 g/mol. The second kappa shape index (κ2) is 6.19. The van der Waals surface area contributed by atoms with Crippen LogP contribution in [0.1, 0.15) is 32.3 Å². The number of nitrogens with one attached hydrogen (secondary N) is 1. The first-order valence-corrected chi connectivity index (χ1v) is 6.91. The Morgan fingerprint density at radius 1 is 1.28 bits per heavy atom. The van der Waals surface area contributed by atoms with Crippen LogP contribution in [0, 0.1) is 11.7 Å². The molecule has 1 N–H and O–H groups in total. The first kappa shape index (κ1) is 13.3. The molecule has 0 amide bonds. The van der Waals surface area contributed by atoms with Crippen molar-refractivity contribution in [3.05, 3.63) is 29.6 Å². The van der Waals surface area contributed by atoms with E-state index in [1.54, 1.807) is 12.1 Å². The monoisotopic (exact) mass is 250 g/mol. The molecule has 1 heterocycles. The Morgan fingerprint density at radius 2 is 2.00 bits per heavy atom. The van der Waals surface area contributed by atoms with Gasteiger partial charge in [-0.05, 0) is 36.9 Å². The van der Waals surface area contributed by atoms with Gasteiger partial charge in [0.25, 0.3) is 0 Å². The maximum Gasteiger partial charge on any atom is 0.146 e. The predicted molar refractivity (Wildman–Crippen MR) is 74.4 cm³/mol. The highest BCUT2D eigenvalue weighted by atomic mass is 19.1. The highest BCUT2D eigenvalue weighted by molar-refractivity contribution is 5.55. The van der Waals surface area contributed by atoms with E-state index in [-0.39, 0.29) is 5.82 Å². The summed E-state index contributed by atoms with van der Waals surface area (Å²) in [5, 5.41) is 3.40. The summed E-state index contributed by atoms with van der Waals surface area (Å²) in [4.78, 5) is 2.18. The zero-order valence-electron chi connectivity index (χ0n) is 11.4. The summed E-state index contributed by atoms with van der Waals surface area (Å²) in [7, 11) is 0. The Hall–Kier alpha value is -1.09. The van der Waals surface area contributed by atoms with Crippen molar-refractivity contribution in [2.24, 2.45) is 5.92 Å². The molecule has 0 saturated carbocycles. The number of para-hydroxylation sites is 1. The molecule has 18 heavy (non-hydrogen) atoms. The molecule has 0 aromatic heterocycles. The molecule has 1 aliphatic heterocycles. The molecule has 0 unspecified atom stereocenters. The lowest BCUT2D eigenvalue weighted by Crippen LogP contribution is -2.24. The standard InChI is InChI=1S/C15H23FN2/c1-12(2)10-17-11-13-6-5-7-14(16)15(13)18-8-3-4-9-18/h5-7,12,17H,3-4,8-11H2,1-2H3. The quantitative estimate of drug-likeness (QED) is 0.863. The fraction of sp³-hybridized carbons (Fsp3) is 0.600. The second-order valence-corrected chi connectivity index (χ2v) is 5.47. The van der Waals surface area contributed by atoms with Crippen LogP contribution in [0.5, 0.6) is 0 Å². The SMILES string of the molecule is CC(C)CNCc1cccc(F)c1N1CCCC1. The van der Waals surface area contributed by atoms with E-state index in [0.29, 0.717) is 5.92 Å². The lowest BCUT2D eigenvalue weighted by molar-refractivity contribution is 0.549. The van der Waals surface area contributed by atoms with Gasteiger partial charge in [-0.3, -0.25) is 0 Å². The predicted octanol–water partition coefficient (Wildman–Crippen LogP) is 3.17. The molecule has 1 fully saturated rings. The lowest BCUT2D eigenvalue weighted by atomic mass is 10.1. The maximum atomic E-state index is 14.0. The van der Waals surface area contributed by atoms with E-state index >= 15 is 0 Å². The zero-order chi connectivity index (χ0) is 13.0. The number of halogens is 1. The fourth-order valence-electron chi connectivity index (χ4n) is 2.49. The topological polar surface area (TPSA) is 15.3 Å². The van der Waals surface area contributed by atoms with Crippen molar-refractivity contribution in [2.75, 3.05) is 24.5 Å². The highest BCUT2D eigenvalue weighted by Gasteiger charge is 2.19. The van der Waals surface area contributed by atoms with Gasteiger partial charge in [0.1, 0.15) is 5.82 Å². The van der Waals surface area contributed by atoms with Crippen LogP contribution < -0.4 is 10.2 Å². The first-order chi connectivity index (χ1) is 8.68. The van der Waals surface area contributed by atoms with Crippen molar-refractivity contribution in [1.29, 1.82) is 0 Å². The minimum atomic E-state index is -0.0826. The van der Waals surface area contributed by atoms with Gasteiger partial charge in [-0.15, -0.1) is 0 Å². The molecule has 0 spiro atoms. The maximum absolute atomic E-state index is 14.0. The smallest absolute Gasteiger partial charge is 0.146 e. The van der Waals surface area contributed by atoms with Gasteiger partial charge in [-0.25, -0.2) is 4.39 Å². The van der Waals surface area contributed by atoms with Gasteiger partial charge in [0.15, 0.2) is 0 Å². The summed E-state index contributed by atoms with van der Waals surface area (Å²) in [5.74, 6) is 0.537. The number of benzene rings is 1. The Balaban J connectivity index is 2.10. The van der Waals surface area contributed by atoms with Gasteiger partial charge < -0.3 is 10.2 Å². The van der Waals surface area contributed by atoms with Crippen LogP contribution in [0.25, 0.3) is 0 Å². The molecule has 2 rings (SSSR count). The van der Waals surface area contributed by atoms with Crippen LogP contribution in [0.3, 0.4) is 0 Å². The van der Waals surface area contributed by atoms with E-state index < -0.39 is 0 Å². The van der Waals surface area contributed by atoms with E-state index in [1.165, 1.54) is 12.8 Å². The number of hydrogen-bond donors (Lipinski definition) is 1. The number of anilines is 1. The van der Waals surface area contributed by atoms with Gasteiger partial charge in [0.2, 0.25) is 0 Å². The summed E-state index contributed by atoms with van der Waals surface area (Å²) in [6, 6.07) is 5.41. The minimum Gasteiger partial charge on any atom is -0.369 e. The van der Waals surface area contributed by atoms with Gasteiger partial charge >= 0.3 is 0 Å². The normalized spacial score (nSPS) is 15.7. The third-order valence-electron chi connectivity index (χ3n) is 3.36. The third kappa shape index (κ3) is 3.22. The summed E-state index contributed by atoms with van der Waals surface area (Å²) in [6.45, 7) is 8.05. The van der Waals surface area contributed by atoms with Crippen molar-refractivity contribution in [2.45, 2.75) is 33.2 Å². The van der Waals surface area contributed by atoms with Gasteiger partial charge in [0.05, 0.1) is 5.69 Å². The van der Waals surface area contributed by atoms with Crippen LogP contribution in [0.4, 0.5) is 10.1 Å². The van der Waals surface area contributed by atoms with Crippen LogP contribution in [-0.2, 0) is 6.54 Å². The minimum absolute atomic E-state index is 0.0826. The average molecular weight is 250 g/mol. The van der Waals surface area contributed by atoms with Crippen molar-refractivity contribution >= 4 is 5.69 Å². The van der Waals surface area contributed by atoms with Crippen molar-refractivity contribution in [3.8, 4) is 0 Å². The lowest BCUT2D eigenvalue weighted by Gasteiger charge is -2.22. The zero-order valence-corrected chi connectivity index (χ0v) is 11.4. The summed E-state index contributed by atoms with van der Waals surface area (Å²) < 4.78 is 14.0. The van der Waals surface area contributed by atoms with Gasteiger partial charge in [0, 0.05) is 19.6 Å². The molecule has 3 heteroatoms. The number of rotatable bonds is 5. The van der Waals surface area contributed by atoms with E-state index in [1.807, 2.05) is 6.07 Å². The summed E-state index contributed by atoms with van der Waals surface area (Å²) in [6.07, 6.45) is 2.35. The average Bonchev–Trinajstić information content (AvgIpc) is 2.82. The van der Waals surface area contributed by atoms with E-state index in [2.05, 4.69) is 24.1 Å². The molecule has 0 bridgehead atoms. The Labute approximate surface area is 109 Å². The molecular formula is C15H23FN2. The van der Waals surface area contributed by atoms with Crippen LogP contribution in [-0.4, -0.2) is 19.6 Å². The number of nitrogens with zero attached hydrogens (tertiary/aromatic N) is 1. The van der Waals surface area contributed by atoms with Crippen LogP contribution in [0.15, 0.2) is 18.2 Å². The van der Waals surface area contributed by atoms with Crippen molar-refractivity contribution in [1.82, 2.24) is 5.32 Å². The molecule has 1 saturated heterocycles. The number of hydrogen-bond acceptors (Lipinski definition) is 2. The summed E-state index contributed by atoms with van der Waals surface area (Å²) >= 11 is 0. The van der Waals surface area contributed by atoms with Crippen molar-refractivity contribution in [3.63, 3.8) is 0 Å². The van der Waals surface area contributed by atoms with Gasteiger partial charge in [-0.1, -0.05) is 26.0 Å². The Morgan fingerprint density at radius 3 is 2.67 bits per heavy atom. The first-order valence-electron chi connectivity index (χ1n) is 6.91. The van der Waals surface area contributed by atoms with Crippen LogP contribution in [0.2, 0.25) is 0 Å². The molecule has 1 aromatic rings. The highest BCUT2D eigenvalue weighted by Crippen LogP contribution is 2.27. The van der Waals surface area contributed by atoms with Gasteiger partial charge in [-0.2, -0.15) is 0 Å². The van der Waals surface area contributed by atoms with E-state index in [0.717, 1.165) is 37.4 Å². The third-order valence-corrected chi connectivity index (χ3v) is 3.36. The molecule has 1 aromatic carbocycles. The van der Waals surface area contributed by atoms with E-state index in [9.17, 15) is 4.39 Å². The van der Waals surface area contributed by atoms with E-state index in [4.69, 9.17) is 0 Å². The molecule has 2 nitrogen and oxygen atoms in total. The largest absolute Gasteiger partial charge is 0.369 e. The Kier molecular flexibility index (Phi) is 4.59.